The molecule has 0 aliphatic carbocycles. The van der Waals surface area contributed by atoms with E-state index < -0.39 is 0 Å². The average molecular weight is 224 g/mol. The van der Waals surface area contributed by atoms with Crippen molar-refractivity contribution in [3.8, 4) is 0 Å². The van der Waals surface area contributed by atoms with Gasteiger partial charge in [0.2, 0.25) is 5.95 Å². The minimum atomic E-state index is 0.628. The molecule has 1 aromatic rings. The van der Waals surface area contributed by atoms with Crippen molar-refractivity contribution >= 4 is 5.95 Å². The Bertz CT molecular complexity index is 289. The monoisotopic (exact) mass is 224 g/mol. The molecule has 16 heavy (non-hydrogen) atoms. The summed E-state index contributed by atoms with van der Waals surface area (Å²) >= 11 is 0. The molecule has 2 N–H and O–H groups in total. The van der Waals surface area contributed by atoms with E-state index >= 15 is 0 Å². The number of hydrogen-bond acceptors (Lipinski definition) is 5. The number of likely N-dealkylation sites (N-methyl/N-ethyl adjacent to an activating group) is 1. The van der Waals surface area contributed by atoms with Gasteiger partial charge in [0, 0.05) is 32.6 Å². The number of hydrogen-bond donors (Lipinski definition) is 1. The van der Waals surface area contributed by atoms with Crippen LogP contribution in [0.1, 0.15) is 12.5 Å². The van der Waals surface area contributed by atoms with E-state index in [0.29, 0.717) is 13.2 Å². The first kappa shape index (κ1) is 12.9. The Morgan fingerprint density at radius 2 is 2.06 bits per heavy atom. The van der Waals surface area contributed by atoms with Crippen LogP contribution in [0.25, 0.3) is 0 Å². The smallest absolute Gasteiger partial charge is 0.225 e. The molecule has 0 aliphatic heterocycles. The van der Waals surface area contributed by atoms with Crippen molar-refractivity contribution in [3.63, 3.8) is 0 Å². The molecule has 0 radical (unpaired) electrons. The van der Waals surface area contributed by atoms with Gasteiger partial charge in [0.15, 0.2) is 0 Å². The van der Waals surface area contributed by atoms with Gasteiger partial charge in [-0.3, -0.25) is 0 Å². The summed E-state index contributed by atoms with van der Waals surface area (Å²) in [5.74, 6) is 0.723. The van der Waals surface area contributed by atoms with Crippen LogP contribution in [-0.2, 0) is 11.2 Å². The van der Waals surface area contributed by atoms with Gasteiger partial charge in [-0.15, -0.1) is 0 Å². The molecule has 1 aromatic heterocycles. The van der Waals surface area contributed by atoms with Crippen LogP contribution in [0, 0.1) is 0 Å². The molecule has 0 atom stereocenters. The minimum absolute atomic E-state index is 0.628. The van der Waals surface area contributed by atoms with E-state index in [4.69, 9.17) is 10.5 Å². The van der Waals surface area contributed by atoms with Crippen LogP contribution in [-0.4, -0.2) is 43.3 Å². The van der Waals surface area contributed by atoms with Crippen LogP contribution in [0.5, 0.6) is 0 Å². The Kier molecular flexibility index (Phi) is 5.74. The molecule has 0 unspecified atom stereocenters. The molecule has 5 nitrogen and oxygen atoms in total. The maximum Gasteiger partial charge on any atom is 0.225 e. The quantitative estimate of drug-likeness (QED) is 0.681. The summed E-state index contributed by atoms with van der Waals surface area (Å²) in [5.41, 5.74) is 6.53. The highest BCUT2D eigenvalue weighted by Crippen LogP contribution is 2.04. The average Bonchev–Trinajstić information content (AvgIpc) is 2.30. The van der Waals surface area contributed by atoms with E-state index in [1.165, 1.54) is 0 Å². The van der Waals surface area contributed by atoms with Gasteiger partial charge in [-0.05, 0) is 25.5 Å². The number of anilines is 1. The van der Waals surface area contributed by atoms with Crippen molar-refractivity contribution in [3.05, 3.63) is 18.0 Å². The predicted molar refractivity (Wildman–Crippen MR) is 64.6 cm³/mol. The largest absolute Gasteiger partial charge is 0.380 e. The number of aromatic nitrogens is 2. The van der Waals surface area contributed by atoms with Crippen molar-refractivity contribution in [2.24, 2.45) is 5.73 Å². The van der Waals surface area contributed by atoms with E-state index in [-0.39, 0.29) is 0 Å². The lowest BCUT2D eigenvalue weighted by Gasteiger charge is -2.16. The molecular formula is C11H20N4O. The van der Waals surface area contributed by atoms with Crippen LogP contribution in [0.4, 0.5) is 5.95 Å². The first-order chi connectivity index (χ1) is 7.77. The van der Waals surface area contributed by atoms with Crippen LogP contribution < -0.4 is 10.6 Å². The minimum Gasteiger partial charge on any atom is -0.380 e. The van der Waals surface area contributed by atoms with Gasteiger partial charge >= 0.3 is 0 Å². The molecule has 1 rings (SSSR count). The lowest BCUT2D eigenvalue weighted by molar-refractivity contribution is 0.154. The summed E-state index contributed by atoms with van der Waals surface area (Å²) in [6, 6.07) is 0. The van der Waals surface area contributed by atoms with Gasteiger partial charge in [-0.2, -0.15) is 0 Å². The third kappa shape index (κ3) is 4.12. The second-order valence-electron chi connectivity index (χ2n) is 3.55. The zero-order chi connectivity index (χ0) is 11.8. The van der Waals surface area contributed by atoms with Gasteiger partial charge in [0.25, 0.3) is 0 Å². The number of nitrogens with zero attached hydrogens (tertiary/aromatic N) is 3. The highest BCUT2D eigenvalue weighted by atomic mass is 16.5. The van der Waals surface area contributed by atoms with Crippen LogP contribution in [0.2, 0.25) is 0 Å². The van der Waals surface area contributed by atoms with Crippen molar-refractivity contribution in [1.82, 2.24) is 9.97 Å². The van der Waals surface area contributed by atoms with Gasteiger partial charge < -0.3 is 15.4 Å². The molecule has 90 valence electrons. The number of ether oxygens (including phenoxy) is 1. The van der Waals surface area contributed by atoms with Gasteiger partial charge in [0.05, 0.1) is 6.61 Å². The van der Waals surface area contributed by atoms with E-state index in [2.05, 4.69) is 9.97 Å². The van der Waals surface area contributed by atoms with Crippen LogP contribution >= 0.6 is 0 Å². The molecule has 0 fully saturated rings. The summed E-state index contributed by atoms with van der Waals surface area (Å²) in [5, 5.41) is 0. The molecule has 0 saturated carbocycles. The standard InChI is InChI=1S/C11H20N4O/c1-3-16-7-6-15(2)11-13-8-10(4-5-12)9-14-11/h8-9H,3-7,12H2,1-2H3. The third-order valence-corrected chi connectivity index (χ3v) is 2.24. The summed E-state index contributed by atoms with van der Waals surface area (Å²) in [4.78, 5) is 10.5. The predicted octanol–water partition coefficient (Wildman–Crippen LogP) is 0.451. The first-order valence-corrected chi connectivity index (χ1v) is 5.57. The molecule has 1 heterocycles. The fourth-order valence-electron chi connectivity index (χ4n) is 1.29. The normalized spacial score (nSPS) is 10.4. The fraction of sp³-hybridized carbons (Fsp3) is 0.636. The SMILES string of the molecule is CCOCCN(C)c1ncc(CCN)cn1. The van der Waals surface area contributed by atoms with Crippen molar-refractivity contribution in [1.29, 1.82) is 0 Å². The molecule has 0 aliphatic rings. The van der Waals surface area contributed by atoms with E-state index in [1.54, 1.807) is 0 Å². The van der Waals surface area contributed by atoms with E-state index in [1.807, 2.05) is 31.3 Å². The Morgan fingerprint density at radius 3 is 2.62 bits per heavy atom. The number of nitrogens with two attached hydrogens (primary N) is 1. The second-order valence-corrected chi connectivity index (χ2v) is 3.55. The lowest BCUT2D eigenvalue weighted by atomic mass is 10.2. The Morgan fingerprint density at radius 1 is 1.38 bits per heavy atom. The Labute approximate surface area is 96.6 Å². The van der Waals surface area contributed by atoms with Crippen molar-refractivity contribution < 1.29 is 4.74 Å². The Hall–Kier alpha value is -1.20. The zero-order valence-corrected chi connectivity index (χ0v) is 10.0. The molecule has 0 aromatic carbocycles. The molecular weight excluding hydrogens is 204 g/mol. The van der Waals surface area contributed by atoms with Crippen LogP contribution in [0.3, 0.4) is 0 Å². The van der Waals surface area contributed by atoms with Gasteiger partial charge in [-0.25, -0.2) is 9.97 Å². The maximum absolute atomic E-state index is 5.46. The van der Waals surface area contributed by atoms with E-state index in [9.17, 15) is 0 Å². The first-order valence-electron chi connectivity index (χ1n) is 5.57. The third-order valence-electron chi connectivity index (χ3n) is 2.24. The summed E-state index contributed by atoms with van der Waals surface area (Å²) < 4.78 is 5.27. The van der Waals surface area contributed by atoms with Gasteiger partial charge in [-0.1, -0.05) is 0 Å². The zero-order valence-electron chi connectivity index (χ0n) is 10.0. The molecule has 0 amide bonds. The fourth-order valence-corrected chi connectivity index (χ4v) is 1.29. The highest BCUT2D eigenvalue weighted by Gasteiger charge is 2.03. The van der Waals surface area contributed by atoms with E-state index in [0.717, 1.165) is 31.1 Å². The van der Waals surface area contributed by atoms with Crippen molar-refractivity contribution in [2.75, 3.05) is 38.3 Å². The molecule has 0 saturated heterocycles. The highest BCUT2D eigenvalue weighted by molar-refractivity contribution is 5.28. The topological polar surface area (TPSA) is 64.3 Å². The summed E-state index contributed by atoms with van der Waals surface area (Å²) in [6.45, 7) is 4.84. The molecule has 0 bridgehead atoms. The summed E-state index contributed by atoms with van der Waals surface area (Å²) in [7, 11) is 1.96. The van der Waals surface area contributed by atoms with Crippen molar-refractivity contribution in [2.45, 2.75) is 13.3 Å². The van der Waals surface area contributed by atoms with Gasteiger partial charge in [0.1, 0.15) is 0 Å². The number of rotatable bonds is 7. The maximum atomic E-state index is 5.46. The lowest BCUT2D eigenvalue weighted by Crippen LogP contribution is -2.24. The molecule has 0 spiro atoms. The van der Waals surface area contributed by atoms with Crippen LogP contribution in [0.15, 0.2) is 12.4 Å². The molecule has 5 heteroatoms. The second kappa shape index (κ2) is 7.14. The Balaban J connectivity index is 2.46. The summed E-state index contributed by atoms with van der Waals surface area (Å²) in [6.07, 6.45) is 4.47.